The zero-order chi connectivity index (χ0) is 23.7. The van der Waals surface area contributed by atoms with Gasteiger partial charge in [-0.15, -0.1) is 0 Å². The summed E-state index contributed by atoms with van der Waals surface area (Å²) in [5.74, 6) is 0.860. The predicted octanol–water partition coefficient (Wildman–Crippen LogP) is 3.30. The molecule has 1 atom stereocenters. The van der Waals surface area contributed by atoms with E-state index in [9.17, 15) is 5.11 Å². The standard InChI is InChI=1S/C25H29N7O2/c1-25(2,3)30-24(33)17-12-16(14-26-15-17)19-13-21(32-8-10-34-11-9-32)29-22-18(19)4-6-27-23(22)20-5-7-28-31-20/h4-7,12-15,24,30,33H,8-11H2,1-3H3,(H,28,31). The summed E-state index contributed by atoms with van der Waals surface area (Å²) in [6.07, 6.45) is 6.17. The molecule has 0 spiro atoms. The third kappa shape index (κ3) is 4.63. The van der Waals surface area contributed by atoms with Crippen LogP contribution in [0.4, 0.5) is 5.82 Å². The Balaban J connectivity index is 1.67. The number of aliphatic hydroxyl groups excluding tert-OH is 1. The van der Waals surface area contributed by atoms with Crippen LogP contribution in [-0.4, -0.2) is 62.1 Å². The molecule has 9 nitrogen and oxygen atoms in total. The fraction of sp³-hybridized carbons (Fsp3) is 0.360. The number of hydrogen-bond acceptors (Lipinski definition) is 8. The normalized spacial score (nSPS) is 15.6. The SMILES string of the molecule is CC(C)(C)NC(O)c1cncc(-c2cc(N3CCOCC3)nc3c(-c4ccn[nH]4)nccc23)c1. The monoisotopic (exact) mass is 459 g/mol. The van der Waals surface area contributed by atoms with Gasteiger partial charge in [0.1, 0.15) is 23.3 Å². The van der Waals surface area contributed by atoms with Gasteiger partial charge in [-0.1, -0.05) is 0 Å². The smallest absolute Gasteiger partial charge is 0.132 e. The van der Waals surface area contributed by atoms with Crippen molar-refractivity contribution in [1.82, 2.24) is 30.5 Å². The van der Waals surface area contributed by atoms with E-state index in [4.69, 9.17) is 9.72 Å². The van der Waals surface area contributed by atoms with Crippen molar-refractivity contribution < 1.29 is 9.84 Å². The topological polar surface area (TPSA) is 112 Å². The van der Waals surface area contributed by atoms with E-state index in [-0.39, 0.29) is 5.54 Å². The number of morpholine rings is 1. The van der Waals surface area contributed by atoms with E-state index in [1.165, 1.54) is 0 Å². The van der Waals surface area contributed by atoms with Crippen LogP contribution in [0.1, 0.15) is 32.6 Å². The van der Waals surface area contributed by atoms with Gasteiger partial charge in [-0.2, -0.15) is 5.10 Å². The van der Waals surface area contributed by atoms with E-state index in [1.54, 1.807) is 18.6 Å². The van der Waals surface area contributed by atoms with Crippen molar-refractivity contribution in [2.24, 2.45) is 0 Å². The van der Waals surface area contributed by atoms with E-state index < -0.39 is 6.23 Å². The van der Waals surface area contributed by atoms with Crippen molar-refractivity contribution in [2.45, 2.75) is 32.5 Å². The molecule has 1 unspecified atom stereocenters. The Labute approximate surface area is 198 Å². The number of nitrogens with zero attached hydrogens (tertiary/aromatic N) is 5. The second kappa shape index (κ2) is 9.09. The van der Waals surface area contributed by atoms with Gasteiger partial charge in [-0.3, -0.25) is 20.4 Å². The van der Waals surface area contributed by atoms with E-state index in [2.05, 4.69) is 36.4 Å². The number of anilines is 1. The number of H-pyrrole nitrogens is 1. The highest BCUT2D eigenvalue weighted by Gasteiger charge is 2.21. The van der Waals surface area contributed by atoms with Gasteiger partial charge in [0.2, 0.25) is 0 Å². The first-order valence-electron chi connectivity index (χ1n) is 11.4. The van der Waals surface area contributed by atoms with Crippen LogP contribution in [0.2, 0.25) is 0 Å². The minimum atomic E-state index is -0.832. The summed E-state index contributed by atoms with van der Waals surface area (Å²) in [6.45, 7) is 8.91. The summed E-state index contributed by atoms with van der Waals surface area (Å²) in [5.41, 5.74) is 4.66. The second-order valence-electron chi connectivity index (χ2n) is 9.46. The molecule has 3 N–H and O–H groups in total. The Morgan fingerprint density at radius 2 is 1.94 bits per heavy atom. The van der Waals surface area contributed by atoms with E-state index in [1.807, 2.05) is 45.2 Å². The van der Waals surface area contributed by atoms with Crippen molar-refractivity contribution in [3.05, 3.63) is 54.6 Å². The number of aliphatic hydroxyl groups is 1. The molecular weight excluding hydrogens is 430 g/mol. The fourth-order valence-corrected chi connectivity index (χ4v) is 4.16. The fourth-order valence-electron chi connectivity index (χ4n) is 4.16. The van der Waals surface area contributed by atoms with Gasteiger partial charge in [0.15, 0.2) is 0 Å². The Hall–Kier alpha value is -3.40. The van der Waals surface area contributed by atoms with Crippen LogP contribution >= 0.6 is 0 Å². The first-order chi connectivity index (χ1) is 16.4. The van der Waals surface area contributed by atoms with Gasteiger partial charge < -0.3 is 14.7 Å². The van der Waals surface area contributed by atoms with Crippen LogP contribution < -0.4 is 10.2 Å². The van der Waals surface area contributed by atoms with Gasteiger partial charge in [0.05, 0.1) is 18.9 Å². The molecule has 9 heteroatoms. The average molecular weight is 460 g/mol. The molecule has 1 saturated heterocycles. The van der Waals surface area contributed by atoms with Gasteiger partial charge in [-0.25, -0.2) is 4.98 Å². The quantitative estimate of drug-likeness (QED) is 0.390. The highest BCUT2D eigenvalue weighted by molar-refractivity contribution is 6.01. The zero-order valence-electron chi connectivity index (χ0n) is 19.6. The highest BCUT2D eigenvalue weighted by atomic mass is 16.5. The zero-order valence-corrected chi connectivity index (χ0v) is 19.6. The average Bonchev–Trinajstić information content (AvgIpc) is 3.37. The minimum Gasteiger partial charge on any atom is -0.378 e. The molecule has 1 aliphatic heterocycles. The summed E-state index contributed by atoms with van der Waals surface area (Å²) in [7, 11) is 0. The lowest BCUT2D eigenvalue weighted by molar-refractivity contribution is 0.106. The van der Waals surface area contributed by atoms with Crippen LogP contribution in [-0.2, 0) is 4.74 Å². The van der Waals surface area contributed by atoms with Crippen molar-refractivity contribution in [3.63, 3.8) is 0 Å². The molecule has 1 aliphatic rings. The van der Waals surface area contributed by atoms with Gasteiger partial charge in [0.25, 0.3) is 0 Å². The van der Waals surface area contributed by atoms with E-state index in [0.29, 0.717) is 18.8 Å². The lowest BCUT2D eigenvalue weighted by atomic mass is 9.99. The first-order valence-corrected chi connectivity index (χ1v) is 11.4. The lowest BCUT2D eigenvalue weighted by Crippen LogP contribution is -2.38. The summed E-state index contributed by atoms with van der Waals surface area (Å²) in [5, 5.41) is 22.0. The van der Waals surface area contributed by atoms with Crippen LogP contribution in [0.3, 0.4) is 0 Å². The van der Waals surface area contributed by atoms with E-state index >= 15 is 0 Å². The van der Waals surface area contributed by atoms with Crippen molar-refractivity contribution in [2.75, 3.05) is 31.2 Å². The Morgan fingerprint density at radius 3 is 2.68 bits per heavy atom. The lowest BCUT2D eigenvalue weighted by Gasteiger charge is -2.28. The largest absolute Gasteiger partial charge is 0.378 e. The molecule has 0 aromatic carbocycles. The molecule has 34 heavy (non-hydrogen) atoms. The summed E-state index contributed by atoms with van der Waals surface area (Å²) < 4.78 is 5.55. The number of rotatable bonds is 5. The number of fused-ring (bicyclic) bond motifs is 1. The first kappa shape index (κ1) is 22.4. The summed E-state index contributed by atoms with van der Waals surface area (Å²) >= 11 is 0. The molecule has 4 aromatic rings. The number of aromatic amines is 1. The third-order valence-electron chi connectivity index (χ3n) is 5.76. The van der Waals surface area contributed by atoms with Crippen LogP contribution in [0, 0.1) is 0 Å². The van der Waals surface area contributed by atoms with Crippen LogP contribution in [0.15, 0.2) is 49.1 Å². The van der Waals surface area contributed by atoms with Crippen LogP contribution in [0.25, 0.3) is 33.4 Å². The van der Waals surface area contributed by atoms with Crippen molar-refractivity contribution >= 4 is 16.7 Å². The van der Waals surface area contributed by atoms with Crippen molar-refractivity contribution in [3.8, 4) is 22.5 Å². The number of ether oxygens (including phenoxy) is 1. The Morgan fingerprint density at radius 1 is 1.12 bits per heavy atom. The molecule has 1 fully saturated rings. The highest BCUT2D eigenvalue weighted by Crippen LogP contribution is 2.35. The maximum Gasteiger partial charge on any atom is 0.132 e. The second-order valence-corrected chi connectivity index (χ2v) is 9.46. The predicted molar refractivity (Wildman–Crippen MR) is 131 cm³/mol. The van der Waals surface area contributed by atoms with Crippen molar-refractivity contribution in [1.29, 1.82) is 0 Å². The number of hydrogen-bond donors (Lipinski definition) is 3. The molecule has 5 rings (SSSR count). The molecule has 5 heterocycles. The molecular formula is C25H29N7O2. The van der Waals surface area contributed by atoms with E-state index in [0.717, 1.165) is 52.3 Å². The molecule has 0 aliphatic carbocycles. The number of aromatic nitrogens is 5. The van der Waals surface area contributed by atoms with Gasteiger partial charge in [0, 0.05) is 59.9 Å². The Bertz CT molecular complexity index is 1280. The molecule has 176 valence electrons. The summed E-state index contributed by atoms with van der Waals surface area (Å²) in [6, 6.07) is 7.93. The molecule has 0 radical (unpaired) electrons. The number of pyridine rings is 3. The molecule has 4 aromatic heterocycles. The third-order valence-corrected chi connectivity index (χ3v) is 5.76. The minimum absolute atomic E-state index is 0.243. The Kier molecular flexibility index (Phi) is 5.99. The summed E-state index contributed by atoms with van der Waals surface area (Å²) in [4.78, 5) is 16.3. The van der Waals surface area contributed by atoms with Gasteiger partial charge >= 0.3 is 0 Å². The maximum atomic E-state index is 10.8. The molecule has 0 amide bonds. The molecule has 0 bridgehead atoms. The molecule has 0 saturated carbocycles. The number of nitrogens with one attached hydrogen (secondary N) is 2. The van der Waals surface area contributed by atoms with Gasteiger partial charge in [-0.05, 0) is 50.6 Å². The van der Waals surface area contributed by atoms with Crippen LogP contribution in [0.5, 0.6) is 0 Å². The maximum absolute atomic E-state index is 10.8.